The number of imidazole rings is 1. The SMILES string of the molecule is C=CCc1c(SC)nc2nc(-c3ccccc3C=O)cn2c1C. The summed E-state index contributed by atoms with van der Waals surface area (Å²) in [5.41, 5.74) is 4.47. The number of aryl methyl sites for hydroxylation is 1. The third-order valence-electron chi connectivity index (χ3n) is 3.85. The first-order chi connectivity index (χ1) is 11.2. The normalized spacial score (nSPS) is 10.9. The van der Waals surface area contributed by atoms with Crippen LogP contribution in [-0.4, -0.2) is 26.9 Å². The average Bonchev–Trinajstić information content (AvgIpc) is 3.01. The van der Waals surface area contributed by atoms with Gasteiger partial charge in [0.1, 0.15) is 5.03 Å². The van der Waals surface area contributed by atoms with E-state index in [2.05, 4.69) is 23.5 Å². The number of aldehydes is 1. The third-order valence-corrected chi connectivity index (χ3v) is 4.58. The van der Waals surface area contributed by atoms with Gasteiger partial charge in [-0.15, -0.1) is 18.3 Å². The van der Waals surface area contributed by atoms with Crippen molar-refractivity contribution in [3.8, 4) is 11.3 Å². The smallest absolute Gasteiger partial charge is 0.235 e. The Morgan fingerprint density at radius 2 is 2.09 bits per heavy atom. The number of carbonyl (C=O) groups excluding carboxylic acids is 1. The number of nitrogens with zero attached hydrogens (tertiary/aromatic N) is 3. The molecule has 0 bridgehead atoms. The minimum atomic E-state index is 0.630. The van der Waals surface area contributed by atoms with Crippen LogP contribution in [0.25, 0.3) is 17.0 Å². The van der Waals surface area contributed by atoms with Gasteiger partial charge in [0.25, 0.3) is 0 Å². The number of aromatic nitrogens is 3. The van der Waals surface area contributed by atoms with Crippen molar-refractivity contribution in [2.75, 3.05) is 6.26 Å². The molecule has 3 rings (SSSR count). The van der Waals surface area contributed by atoms with Gasteiger partial charge in [-0.25, -0.2) is 9.97 Å². The zero-order valence-corrected chi connectivity index (χ0v) is 13.9. The molecule has 0 atom stereocenters. The van der Waals surface area contributed by atoms with Gasteiger partial charge < -0.3 is 0 Å². The van der Waals surface area contributed by atoms with Crippen LogP contribution in [0.5, 0.6) is 0 Å². The maximum absolute atomic E-state index is 11.3. The number of benzene rings is 1. The third kappa shape index (κ3) is 2.68. The maximum atomic E-state index is 11.3. The van der Waals surface area contributed by atoms with Crippen molar-refractivity contribution >= 4 is 23.8 Å². The van der Waals surface area contributed by atoms with Crippen molar-refractivity contribution in [3.63, 3.8) is 0 Å². The van der Waals surface area contributed by atoms with E-state index in [1.54, 1.807) is 17.8 Å². The predicted molar refractivity (Wildman–Crippen MR) is 94.2 cm³/mol. The number of allylic oxidation sites excluding steroid dienone is 1. The summed E-state index contributed by atoms with van der Waals surface area (Å²) in [6, 6.07) is 7.45. The van der Waals surface area contributed by atoms with Crippen molar-refractivity contribution in [1.29, 1.82) is 0 Å². The molecular weight excluding hydrogens is 306 g/mol. The molecule has 2 heterocycles. The summed E-state index contributed by atoms with van der Waals surface area (Å²) in [7, 11) is 0. The topological polar surface area (TPSA) is 47.3 Å². The fourth-order valence-corrected chi connectivity index (χ4v) is 3.32. The lowest BCUT2D eigenvalue weighted by Gasteiger charge is -2.10. The van der Waals surface area contributed by atoms with E-state index in [0.29, 0.717) is 11.3 Å². The summed E-state index contributed by atoms with van der Waals surface area (Å²) in [5.74, 6) is 0.648. The van der Waals surface area contributed by atoms with Crippen LogP contribution in [0.4, 0.5) is 0 Å². The van der Waals surface area contributed by atoms with E-state index in [4.69, 9.17) is 0 Å². The monoisotopic (exact) mass is 323 g/mol. The number of hydrogen-bond donors (Lipinski definition) is 0. The highest BCUT2D eigenvalue weighted by Crippen LogP contribution is 2.27. The molecule has 0 N–H and O–H groups in total. The number of carbonyl (C=O) groups is 1. The molecule has 0 saturated heterocycles. The summed E-state index contributed by atoms with van der Waals surface area (Å²) in [6.07, 6.45) is 7.46. The molecule has 23 heavy (non-hydrogen) atoms. The van der Waals surface area contributed by atoms with E-state index in [9.17, 15) is 4.79 Å². The lowest BCUT2D eigenvalue weighted by atomic mass is 10.1. The van der Waals surface area contributed by atoms with Crippen molar-refractivity contribution in [3.05, 3.63) is 59.9 Å². The molecule has 0 spiro atoms. The van der Waals surface area contributed by atoms with Crippen LogP contribution in [0.1, 0.15) is 21.6 Å². The van der Waals surface area contributed by atoms with Crippen molar-refractivity contribution < 1.29 is 4.79 Å². The van der Waals surface area contributed by atoms with Crippen LogP contribution in [0.3, 0.4) is 0 Å². The molecule has 5 heteroatoms. The minimum absolute atomic E-state index is 0.630. The number of fused-ring (bicyclic) bond motifs is 1. The molecule has 0 unspecified atom stereocenters. The Labute approximate surface area is 139 Å². The number of thioether (sulfide) groups is 1. The molecular formula is C18H17N3OS. The summed E-state index contributed by atoms with van der Waals surface area (Å²) >= 11 is 1.61. The molecule has 3 aromatic rings. The first-order valence-corrected chi connectivity index (χ1v) is 8.50. The molecule has 0 aliphatic rings. The largest absolute Gasteiger partial charge is 0.298 e. The zero-order chi connectivity index (χ0) is 16.4. The molecule has 0 radical (unpaired) electrons. The molecule has 116 valence electrons. The van der Waals surface area contributed by atoms with Crippen molar-refractivity contribution in [2.24, 2.45) is 0 Å². The standard InChI is InChI=1S/C18H17N3OS/c1-4-7-14-12(2)21-10-16(19-18(21)20-17(14)23-3)15-9-6-5-8-13(15)11-22/h4-6,8-11H,1,7H2,2-3H3. The van der Waals surface area contributed by atoms with E-state index in [1.807, 2.05) is 41.1 Å². The Kier molecular flexibility index (Phi) is 4.30. The van der Waals surface area contributed by atoms with Crippen LogP contribution >= 0.6 is 11.8 Å². The first kappa shape index (κ1) is 15.5. The summed E-state index contributed by atoms with van der Waals surface area (Å²) in [4.78, 5) is 20.5. The second kappa shape index (κ2) is 6.38. The van der Waals surface area contributed by atoms with Crippen LogP contribution in [0, 0.1) is 6.92 Å². The van der Waals surface area contributed by atoms with Crippen LogP contribution in [-0.2, 0) is 6.42 Å². The highest BCUT2D eigenvalue weighted by molar-refractivity contribution is 7.98. The molecule has 0 aliphatic carbocycles. The highest BCUT2D eigenvalue weighted by atomic mass is 32.2. The van der Waals surface area contributed by atoms with Crippen molar-refractivity contribution in [1.82, 2.24) is 14.4 Å². The molecule has 1 aromatic carbocycles. The van der Waals surface area contributed by atoms with Gasteiger partial charge in [0.05, 0.1) is 5.69 Å². The number of hydrogen-bond acceptors (Lipinski definition) is 4. The van der Waals surface area contributed by atoms with Gasteiger partial charge in [0.2, 0.25) is 5.78 Å². The van der Waals surface area contributed by atoms with Gasteiger partial charge in [-0.1, -0.05) is 30.3 Å². The van der Waals surface area contributed by atoms with Gasteiger partial charge in [0.15, 0.2) is 6.29 Å². The van der Waals surface area contributed by atoms with Gasteiger partial charge in [-0.3, -0.25) is 9.20 Å². The molecule has 0 fully saturated rings. The second-order valence-corrected chi connectivity index (χ2v) is 5.97. The zero-order valence-electron chi connectivity index (χ0n) is 13.1. The summed E-state index contributed by atoms with van der Waals surface area (Å²) in [6.45, 7) is 5.89. The Balaban J connectivity index is 2.25. The molecule has 0 aliphatic heterocycles. The molecule has 2 aromatic heterocycles. The Morgan fingerprint density at radius 1 is 1.30 bits per heavy atom. The second-order valence-electron chi connectivity index (χ2n) is 5.18. The van der Waals surface area contributed by atoms with Gasteiger partial charge >= 0.3 is 0 Å². The van der Waals surface area contributed by atoms with Gasteiger partial charge in [-0.05, 0) is 19.6 Å². The van der Waals surface area contributed by atoms with Crippen molar-refractivity contribution in [2.45, 2.75) is 18.4 Å². The molecule has 0 amide bonds. The van der Waals surface area contributed by atoms with E-state index < -0.39 is 0 Å². The van der Waals surface area contributed by atoms with E-state index >= 15 is 0 Å². The summed E-state index contributed by atoms with van der Waals surface area (Å²) < 4.78 is 1.98. The Bertz CT molecular complexity index is 899. The number of rotatable bonds is 5. The average molecular weight is 323 g/mol. The van der Waals surface area contributed by atoms with Crippen LogP contribution in [0.2, 0.25) is 0 Å². The Hall–Kier alpha value is -2.40. The van der Waals surface area contributed by atoms with E-state index in [-0.39, 0.29) is 0 Å². The predicted octanol–water partition coefficient (Wildman–Crippen LogP) is 3.97. The first-order valence-electron chi connectivity index (χ1n) is 7.27. The highest BCUT2D eigenvalue weighted by Gasteiger charge is 2.15. The summed E-state index contributed by atoms with van der Waals surface area (Å²) in [5, 5.41) is 0.968. The fraction of sp³-hybridized carbons (Fsp3) is 0.167. The van der Waals surface area contributed by atoms with Crippen LogP contribution in [0.15, 0.2) is 48.1 Å². The molecule has 0 saturated carbocycles. The van der Waals surface area contributed by atoms with E-state index in [0.717, 1.165) is 40.2 Å². The quantitative estimate of drug-likeness (QED) is 0.308. The minimum Gasteiger partial charge on any atom is -0.298 e. The Morgan fingerprint density at radius 3 is 2.78 bits per heavy atom. The van der Waals surface area contributed by atoms with E-state index in [1.165, 1.54) is 0 Å². The van der Waals surface area contributed by atoms with Gasteiger partial charge in [-0.2, -0.15) is 0 Å². The fourth-order valence-electron chi connectivity index (χ4n) is 2.67. The lowest BCUT2D eigenvalue weighted by molar-refractivity contribution is 0.112. The molecule has 4 nitrogen and oxygen atoms in total. The van der Waals surface area contributed by atoms with Gasteiger partial charge in [0, 0.05) is 28.6 Å². The lowest BCUT2D eigenvalue weighted by Crippen LogP contribution is -2.02. The van der Waals surface area contributed by atoms with Crippen LogP contribution < -0.4 is 0 Å². The maximum Gasteiger partial charge on any atom is 0.235 e.